The van der Waals surface area contributed by atoms with Gasteiger partial charge in [-0.3, -0.25) is 19.8 Å². The molecule has 0 aliphatic carbocycles. The van der Waals surface area contributed by atoms with Gasteiger partial charge in [0, 0.05) is 25.4 Å². The molecule has 0 fully saturated rings. The van der Waals surface area contributed by atoms with Gasteiger partial charge in [0.15, 0.2) is 10.8 Å². The van der Waals surface area contributed by atoms with Crippen LogP contribution >= 0.6 is 11.3 Å². The Bertz CT molecular complexity index is 1130. The molecule has 0 spiro atoms. The van der Waals surface area contributed by atoms with Gasteiger partial charge >= 0.3 is 0 Å². The molecule has 2 aromatic carbocycles. The fourth-order valence-electron chi connectivity index (χ4n) is 2.59. The maximum atomic E-state index is 12.8. The molecule has 4 rings (SSSR count). The molecule has 0 atom stereocenters. The van der Waals surface area contributed by atoms with Crippen LogP contribution in [0.1, 0.15) is 10.5 Å². The van der Waals surface area contributed by atoms with Crippen molar-refractivity contribution in [1.82, 2.24) is 14.8 Å². The Morgan fingerprint density at radius 1 is 1.19 bits per heavy atom. The van der Waals surface area contributed by atoms with Crippen LogP contribution in [0.25, 0.3) is 15.9 Å². The Kier molecular flexibility index (Phi) is 4.13. The first-order valence-corrected chi connectivity index (χ1v) is 8.79. The van der Waals surface area contributed by atoms with Gasteiger partial charge in [-0.15, -0.1) is 0 Å². The van der Waals surface area contributed by atoms with Crippen LogP contribution in [0.15, 0.2) is 60.8 Å². The van der Waals surface area contributed by atoms with E-state index in [0.717, 1.165) is 10.2 Å². The highest BCUT2D eigenvalue weighted by Gasteiger charge is 2.20. The first-order chi connectivity index (χ1) is 13.0. The summed E-state index contributed by atoms with van der Waals surface area (Å²) in [5.41, 5.74) is 1.52. The first kappa shape index (κ1) is 16.9. The van der Waals surface area contributed by atoms with Crippen molar-refractivity contribution < 1.29 is 9.72 Å². The first-order valence-electron chi connectivity index (χ1n) is 7.97. The third kappa shape index (κ3) is 3.15. The van der Waals surface area contributed by atoms with Crippen LogP contribution in [0.2, 0.25) is 0 Å². The topological polar surface area (TPSA) is 94.2 Å². The van der Waals surface area contributed by atoms with Crippen molar-refractivity contribution in [1.29, 1.82) is 0 Å². The number of nitrogens with zero attached hydrogens (tertiary/aromatic N) is 5. The molecule has 0 saturated heterocycles. The second-order valence-electron chi connectivity index (χ2n) is 5.75. The summed E-state index contributed by atoms with van der Waals surface area (Å²) < 4.78 is 2.43. The number of para-hydroxylation sites is 1. The molecule has 2 heterocycles. The van der Waals surface area contributed by atoms with Crippen LogP contribution in [0.3, 0.4) is 0 Å². The van der Waals surface area contributed by atoms with Gasteiger partial charge in [0.2, 0.25) is 0 Å². The molecule has 1 amide bonds. The van der Waals surface area contributed by atoms with Gasteiger partial charge in [-0.25, -0.2) is 9.67 Å². The third-order valence-corrected chi connectivity index (χ3v) is 5.10. The molecule has 0 N–H and O–H groups in total. The SMILES string of the molecule is CN(C(=O)c1ccn(-c2cccc([N+](=O)[O-])c2)n1)c1nc2ccccc2s1. The normalized spacial score (nSPS) is 10.9. The number of fused-ring (bicyclic) bond motifs is 1. The highest BCUT2D eigenvalue weighted by molar-refractivity contribution is 7.22. The minimum Gasteiger partial charge on any atom is -0.286 e. The Labute approximate surface area is 157 Å². The molecule has 8 nitrogen and oxygen atoms in total. The van der Waals surface area contributed by atoms with Crippen LogP contribution in [0.4, 0.5) is 10.8 Å². The van der Waals surface area contributed by atoms with E-state index in [4.69, 9.17) is 0 Å². The number of thiazole rings is 1. The van der Waals surface area contributed by atoms with E-state index >= 15 is 0 Å². The third-order valence-electron chi connectivity index (χ3n) is 3.99. The molecule has 134 valence electrons. The molecule has 0 saturated carbocycles. The lowest BCUT2D eigenvalue weighted by Gasteiger charge is -2.11. The number of nitro groups is 1. The molecule has 0 aliphatic rings. The molecule has 27 heavy (non-hydrogen) atoms. The van der Waals surface area contributed by atoms with Gasteiger partial charge < -0.3 is 0 Å². The number of amides is 1. The van der Waals surface area contributed by atoms with Gasteiger partial charge in [0.25, 0.3) is 11.6 Å². The van der Waals surface area contributed by atoms with Gasteiger partial charge in [0.05, 0.1) is 20.8 Å². The number of carbonyl (C=O) groups excluding carboxylic acids is 1. The smallest absolute Gasteiger partial charge is 0.280 e. The Morgan fingerprint density at radius 2 is 2.00 bits per heavy atom. The summed E-state index contributed by atoms with van der Waals surface area (Å²) in [6.45, 7) is 0. The zero-order valence-corrected chi connectivity index (χ0v) is 15.0. The van der Waals surface area contributed by atoms with Crippen molar-refractivity contribution >= 4 is 38.3 Å². The monoisotopic (exact) mass is 379 g/mol. The molecular formula is C18H13N5O3S. The van der Waals surface area contributed by atoms with Crippen molar-refractivity contribution in [2.45, 2.75) is 0 Å². The lowest BCUT2D eigenvalue weighted by atomic mass is 10.3. The Balaban J connectivity index is 1.61. The van der Waals surface area contributed by atoms with Gasteiger partial charge in [0.1, 0.15) is 0 Å². The summed E-state index contributed by atoms with van der Waals surface area (Å²) in [6, 6.07) is 15.3. The van der Waals surface area contributed by atoms with Crippen molar-refractivity contribution in [2.75, 3.05) is 11.9 Å². The van der Waals surface area contributed by atoms with Gasteiger partial charge in [-0.05, 0) is 24.3 Å². The van der Waals surface area contributed by atoms with Gasteiger partial charge in [-0.1, -0.05) is 29.5 Å². The summed E-state index contributed by atoms with van der Waals surface area (Å²) >= 11 is 1.42. The average molecular weight is 379 g/mol. The largest absolute Gasteiger partial charge is 0.286 e. The highest BCUT2D eigenvalue weighted by Crippen LogP contribution is 2.28. The van der Waals surface area contributed by atoms with E-state index in [2.05, 4.69) is 10.1 Å². The van der Waals surface area contributed by atoms with E-state index in [1.807, 2.05) is 24.3 Å². The van der Waals surface area contributed by atoms with Crippen LogP contribution in [-0.2, 0) is 0 Å². The van der Waals surface area contributed by atoms with Crippen LogP contribution in [-0.4, -0.2) is 32.6 Å². The van der Waals surface area contributed by atoms with Crippen LogP contribution in [0.5, 0.6) is 0 Å². The minimum absolute atomic E-state index is 0.0394. The molecule has 0 radical (unpaired) electrons. The predicted octanol–water partition coefficient (Wildman–Crippen LogP) is 3.67. The van der Waals surface area contributed by atoms with Crippen LogP contribution < -0.4 is 4.90 Å². The summed E-state index contributed by atoms with van der Waals surface area (Å²) in [4.78, 5) is 29.1. The molecule has 2 aromatic heterocycles. The van der Waals surface area contributed by atoms with E-state index in [0.29, 0.717) is 10.8 Å². The summed E-state index contributed by atoms with van der Waals surface area (Å²) in [5.74, 6) is -0.307. The quantitative estimate of drug-likeness (QED) is 0.398. The van der Waals surface area contributed by atoms with Crippen molar-refractivity contribution in [3.63, 3.8) is 0 Å². The fourth-order valence-corrected chi connectivity index (χ4v) is 3.52. The summed E-state index contributed by atoms with van der Waals surface area (Å²) in [5, 5.41) is 15.8. The number of hydrogen-bond donors (Lipinski definition) is 0. The number of non-ortho nitro benzene ring substituents is 1. The number of carbonyl (C=O) groups is 1. The molecule has 9 heteroatoms. The maximum Gasteiger partial charge on any atom is 0.280 e. The zero-order valence-electron chi connectivity index (χ0n) is 14.1. The standard InChI is InChI=1S/C18H13N5O3S/c1-21(18-19-14-7-2-3-8-16(14)27-18)17(24)15-9-10-22(20-15)12-5-4-6-13(11-12)23(25)26/h2-11H,1H3. The number of aromatic nitrogens is 3. The summed E-state index contributed by atoms with van der Waals surface area (Å²) in [7, 11) is 1.65. The van der Waals surface area contributed by atoms with Crippen molar-refractivity contribution in [3.8, 4) is 5.69 Å². The minimum atomic E-state index is -0.472. The maximum absolute atomic E-state index is 12.8. The zero-order chi connectivity index (χ0) is 19.0. The van der Waals surface area contributed by atoms with Crippen LogP contribution in [0, 0.1) is 10.1 Å². The number of anilines is 1. The number of rotatable bonds is 4. The summed E-state index contributed by atoms with van der Waals surface area (Å²) in [6.07, 6.45) is 1.60. The van der Waals surface area contributed by atoms with E-state index in [1.165, 1.54) is 33.1 Å². The van der Waals surface area contributed by atoms with Crippen molar-refractivity contribution in [3.05, 3.63) is 76.6 Å². The number of hydrogen-bond acceptors (Lipinski definition) is 6. The fraction of sp³-hybridized carbons (Fsp3) is 0.0556. The molecule has 0 bridgehead atoms. The second-order valence-corrected chi connectivity index (χ2v) is 6.76. The number of benzene rings is 2. The van der Waals surface area contributed by atoms with E-state index in [9.17, 15) is 14.9 Å². The highest BCUT2D eigenvalue weighted by atomic mass is 32.1. The molecule has 0 aliphatic heterocycles. The lowest BCUT2D eigenvalue weighted by Crippen LogP contribution is -2.26. The Morgan fingerprint density at radius 3 is 2.78 bits per heavy atom. The average Bonchev–Trinajstić information content (AvgIpc) is 3.34. The van der Waals surface area contributed by atoms with Crippen molar-refractivity contribution in [2.24, 2.45) is 0 Å². The number of nitro benzene ring substituents is 1. The van der Waals surface area contributed by atoms with E-state index in [1.54, 1.807) is 31.4 Å². The molecule has 4 aromatic rings. The van der Waals surface area contributed by atoms with E-state index in [-0.39, 0.29) is 17.3 Å². The van der Waals surface area contributed by atoms with E-state index < -0.39 is 4.92 Å². The van der Waals surface area contributed by atoms with Gasteiger partial charge in [-0.2, -0.15) is 5.10 Å². The Hall–Kier alpha value is -3.59. The molecule has 0 unspecified atom stereocenters. The predicted molar refractivity (Wildman–Crippen MR) is 103 cm³/mol. The molecular weight excluding hydrogens is 366 g/mol. The second kappa shape index (κ2) is 6.61. The lowest BCUT2D eigenvalue weighted by molar-refractivity contribution is -0.384.